The Labute approximate surface area is 123 Å². The van der Waals surface area contributed by atoms with E-state index in [4.69, 9.17) is 11.6 Å². The van der Waals surface area contributed by atoms with E-state index in [1.54, 1.807) is 0 Å². The standard InChI is InChI=1S/C15H20ClNOS/c16-11-1-5-13(6-2-11)19-14-7-8-15(9-14,10-18)17-12-3-4-12/h1-2,5-6,12,14,17-18H,3-4,7-10H2. The first kappa shape index (κ1) is 13.7. The Morgan fingerprint density at radius 2 is 2.00 bits per heavy atom. The van der Waals surface area contributed by atoms with E-state index in [1.807, 2.05) is 23.9 Å². The lowest BCUT2D eigenvalue weighted by Crippen LogP contribution is -2.47. The Hall–Kier alpha value is -0.220. The van der Waals surface area contributed by atoms with Crippen molar-refractivity contribution in [3.05, 3.63) is 29.3 Å². The number of benzene rings is 1. The van der Waals surface area contributed by atoms with Crippen LogP contribution in [0.15, 0.2) is 29.2 Å². The molecule has 0 aromatic heterocycles. The summed E-state index contributed by atoms with van der Waals surface area (Å²) in [5.74, 6) is 0. The van der Waals surface area contributed by atoms with Gasteiger partial charge in [-0.25, -0.2) is 0 Å². The van der Waals surface area contributed by atoms with Crippen molar-refractivity contribution >= 4 is 23.4 Å². The van der Waals surface area contributed by atoms with Gasteiger partial charge in [0.2, 0.25) is 0 Å². The summed E-state index contributed by atoms with van der Waals surface area (Å²) in [7, 11) is 0. The summed E-state index contributed by atoms with van der Waals surface area (Å²) in [5.41, 5.74) is -0.0226. The zero-order chi connectivity index (χ0) is 13.3. The highest BCUT2D eigenvalue weighted by molar-refractivity contribution is 8.00. The molecule has 2 aliphatic carbocycles. The molecule has 0 amide bonds. The average Bonchev–Trinajstić information content (AvgIpc) is 3.13. The first-order valence-corrected chi connectivity index (χ1v) is 8.26. The van der Waals surface area contributed by atoms with Crippen LogP contribution in [0.3, 0.4) is 0 Å². The van der Waals surface area contributed by atoms with Gasteiger partial charge in [-0.2, -0.15) is 0 Å². The Bertz CT molecular complexity index is 434. The smallest absolute Gasteiger partial charge is 0.0613 e. The van der Waals surface area contributed by atoms with Crippen molar-refractivity contribution in [3.8, 4) is 0 Å². The second-order valence-corrected chi connectivity index (χ2v) is 7.60. The number of thioether (sulfide) groups is 1. The minimum absolute atomic E-state index is 0.0226. The van der Waals surface area contributed by atoms with Gasteiger partial charge in [0.25, 0.3) is 0 Å². The Kier molecular flexibility index (Phi) is 4.08. The number of aliphatic hydroxyl groups excluding tert-OH is 1. The molecule has 2 saturated carbocycles. The van der Waals surface area contributed by atoms with Gasteiger partial charge in [0.1, 0.15) is 0 Å². The summed E-state index contributed by atoms with van der Waals surface area (Å²) >= 11 is 7.82. The van der Waals surface area contributed by atoms with E-state index >= 15 is 0 Å². The molecule has 2 aliphatic rings. The van der Waals surface area contributed by atoms with Crippen LogP contribution in [-0.2, 0) is 0 Å². The maximum absolute atomic E-state index is 9.72. The summed E-state index contributed by atoms with van der Waals surface area (Å²) < 4.78 is 0. The van der Waals surface area contributed by atoms with Crippen molar-refractivity contribution in [2.75, 3.05) is 6.61 Å². The molecule has 2 atom stereocenters. The van der Waals surface area contributed by atoms with Crippen molar-refractivity contribution in [3.63, 3.8) is 0 Å². The molecule has 104 valence electrons. The minimum Gasteiger partial charge on any atom is -0.394 e. The third-order valence-electron chi connectivity index (χ3n) is 4.07. The molecule has 19 heavy (non-hydrogen) atoms. The van der Waals surface area contributed by atoms with Gasteiger partial charge < -0.3 is 10.4 Å². The maximum atomic E-state index is 9.72. The number of rotatable bonds is 5. The molecule has 2 unspecified atom stereocenters. The second kappa shape index (κ2) is 5.65. The van der Waals surface area contributed by atoms with Crippen LogP contribution in [0.2, 0.25) is 5.02 Å². The molecule has 0 radical (unpaired) electrons. The molecule has 0 aliphatic heterocycles. The predicted molar refractivity (Wildman–Crippen MR) is 80.9 cm³/mol. The average molecular weight is 298 g/mol. The molecular formula is C15H20ClNOS. The first-order chi connectivity index (χ1) is 9.19. The lowest BCUT2D eigenvalue weighted by atomic mass is 9.99. The van der Waals surface area contributed by atoms with E-state index in [9.17, 15) is 5.11 Å². The van der Waals surface area contributed by atoms with Crippen LogP contribution < -0.4 is 5.32 Å². The Morgan fingerprint density at radius 1 is 1.26 bits per heavy atom. The third kappa shape index (κ3) is 3.46. The molecular weight excluding hydrogens is 278 g/mol. The van der Waals surface area contributed by atoms with Crippen molar-refractivity contribution in [1.82, 2.24) is 5.32 Å². The molecule has 3 rings (SSSR count). The number of hydrogen-bond donors (Lipinski definition) is 2. The van der Waals surface area contributed by atoms with E-state index in [0.717, 1.165) is 17.9 Å². The highest BCUT2D eigenvalue weighted by Gasteiger charge is 2.42. The van der Waals surface area contributed by atoms with Crippen LogP contribution in [0, 0.1) is 0 Å². The normalized spacial score (nSPS) is 30.7. The summed E-state index contributed by atoms with van der Waals surface area (Å²) in [5, 5.41) is 14.8. The molecule has 0 saturated heterocycles. The van der Waals surface area contributed by atoms with Crippen LogP contribution in [0.1, 0.15) is 32.1 Å². The lowest BCUT2D eigenvalue weighted by Gasteiger charge is -2.28. The first-order valence-electron chi connectivity index (χ1n) is 7.00. The monoisotopic (exact) mass is 297 g/mol. The summed E-state index contributed by atoms with van der Waals surface area (Å²) in [6, 6.07) is 8.72. The van der Waals surface area contributed by atoms with Gasteiger partial charge in [0.05, 0.1) is 6.61 Å². The molecule has 1 aromatic carbocycles. The van der Waals surface area contributed by atoms with E-state index < -0.39 is 0 Å². The molecule has 2 nitrogen and oxygen atoms in total. The van der Waals surface area contributed by atoms with Gasteiger partial charge in [-0.3, -0.25) is 0 Å². The van der Waals surface area contributed by atoms with Gasteiger partial charge in [0.15, 0.2) is 0 Å². The van der Waals surface area contributed by atoms with Gasteiger partial charge in [-0.05, 0) is 56.4 Å². The highest BCUT2D eigenvalue weighted by atomic mass is 35.5. The van der Waals surface area contributed by atoms with E-state index in [0.29, 0.717) is 11.3 Å². The van der Waals surface area contributed by atoms with Crippen LogP contribution in [-0.4, -0.2) is 28.5 Å². The van der Waals surface area contributed by atoms with E-state index in [1.165, 1.54) is 24.2 Å². The molecule has 2 N–H and O–H groups in total. The van der Waals surface area contributed by atoms with Gasteiger partial charge >= 0.3 is 0 Å². The van der Waals surface area contributed by atoms with E-state index in [2.05, 4.69) is 17.4 Å². The highest BCUT2D eigenvalue weighted by Crippen LogP contribution is 2.41. The largest absolute Gasteiger partial charge is 0.394 e. The fourth-order valence-electron chi connectivity index (χ4n) is 2.86. The number of hydrogen-bond acceptors (Lipinski definition) is 3. The van der Waals surface area contributed by atoms with Crippen molar-refractivity contribution in [2.24, 2.45) is 0 Å². The van der Waals surface area contributed by atoms with Crippen molar-refractivity contribution < 1.29 is 5.11 Å². The third-order valence-corrected chi connectivity index (χ3v) is 5.60. The SMILES string of the molecule is OCC1(NC2CC2)CCC(Sc2ccc(Cl)cc2)C1. The van der Waals surface area contributed by atoms with Crippen molar-refractivity contribution in [2.45, 2.75) is 53.8 Å². The fraction of sp³-hybridized carbons (Fsp3) is 0.600. The quantitative estimate of drug-likeness (QED) is 0.873. The van der Waals surface area contributed by atoms with Crippen LogP contribution in [0.25, 0.3) is 0 Å². The van der Waals surface area contributed by atoms with E-state index in [-0.39, 0.29) is 12.1 Å². The zero-order valence-electron chi connectivity index (χ0n) is 10.9. The van der Waals surface area contributed by atoms with Crippen LogP contribution in [0.5, 0.6) is 0 Å². The Morgan fingerprint density at radius 3 is 2.63 bits per heavy atom. The Balaban J connectivity index is 1.59. The molecule has 0 spiro atoms. The number of aliphatic hydroxyl groups is 1. The van der Waals surface area contributed by atoms with Gasteiger partial charge in [0, 0.05) is 26.7 Å². The van der Waals surface area contributed by atoms with Crippen molar-refractivity contribution in [1.29, 1.82) is 0 Å². The van der Waals surface area contributed by atoms with Crippen LogP contribution in [0.4, 0.5) is 0 Å². The zero-order valence-corrected chi connectivity index (χ0v) is 12.5. The predicted octanol–water partition coefficient (Wildman–Crippen LogP) is 3.47. The van der Waals surface area contributed by atoms with Gasteiger partial charge in [-0.15, -0.1) is 11.8 Å². The second-order valence-electron chi connectivity index (χ2n) is 5.79. The number of halogens is 1. The topological polar surface area (TPSA) is 32.3 Å². The molecule has 0 bridgehead atoms. The minimum atomic E-state index is -0.0226. The molecule has 2 fully saturated rings. The fourth-order valence-corrected chi connectivity index (χ4v) is 4.31. The summed E-state index contributed by atoms with van der Waals surface area (Å²) in [6.07, 6.45) is 5.87. The maximum Gasteiger partial charge on any atom is 0.0613 e. The summed E-state index contributed by atoms with van der Waals surface area (Å²) in [6.45, 7) is 0.265. The van der Waals surface area contributed by atoms with Gasteiger partial charge in [-0.1, -0.05) is 11.6 Å². The molecule has 0 heterocycles. The molecule has 1 aromatic rings. The lowest BCUT2D eigenvalue weighted by molar-refractivity contribution is 0.163. The summed E-state index contributed by atoms with van der Waals surface area (Å²) in [4.78, 5) is 1.27. The number of nitrogens with one attached hydrogen (secondary N) is 1. The van der Waals surface area contributed by atoms with Crippen LogP contribution >= 0.6 is 23.4 Å². The molecule has 4 heteroatoms.